The second-order valence-corrected chi connectivity index (χ2v) is 4.65. The van der Waals surface area contributed by atoms with E-state index in [9.17, 15) is 22.8 Å². The zero-order chi connectivity index (χ0) is 16.8. The third-order valence-electron chi connectivity index (χ3n) is 2.83. The van der Waals surface area contributed by atoms with Gasteiger partial charge in [-0.2, -0.15) is 13.2 Å². The highest BCUT2D eigenvalue weighted by Gasteiger charge is 2.40. The van der Waals surface area contributed by atoms with Gasteiger partial charge in [-0.15, -0.1) is 0 Å². The first kappa shape index (κ1) is 17.8. The van der Waals surface area contributed by atoms with Gasteiger partial charge in [-0.3, -0.25) is 4.79 Å². The number of carbonyl (C=O) groups excluding carboxylic acids is 1. The number of carboxylic acid groups (broad SMARTS) is 1. The van der Waals surface area contributed by atoms with Crippen molar-refractivity contribution in [1.82, 2.24) is 4.90 Å². The van der Waals surface area contributed by atoms with Crippen LogP contribution in [-0.2, 0) is 16.0 Å². The molecule has 8 heteroatoms. The summed E-state index contributed by atoms with van der Waals surface area (Å²) < 4.78 is 41.5. The van der Waals surface area contributed by atoms with Crippen LogP contribution in [0.2, 0.25) is 0 Å². The third-order valence-corrected chi connectivity index (χ3v) is 2.83. The highest BCUT2D eigenvalue weighted by Crippen LogP contribution is 2.18. The molecule has 0 saturated heterocycles. The number of aliphatic carboxylic acids is 1. The zero-order valence-electron chi connectivity index (χ0n) is 11.9. The van der Waals surface area contributed by atoms with Gasteiger partial charge >= 0.3 is 18.1 Å². The van der Waals surface area contributed by atoms with Crippen LogP contribution in [0.5, 0.6) is 5.75 Å². The number of amides is 1. The molecule has 1 N–H and O–H groups in total. The summed E-state index contributed by atoms with van der Waals surface area (Å²) in [6, 6.07) is 6.57. The minimum atomic E-state index is -4.85. The van der Waals surface area contributed by atoms with Crippen LogP contribution >= 0.6 is 0 Å². The van der Waals surface area contributed by atoms with E-state index in [2.05, 4.69) is 0 Å². The molecular weight excluding hydrogens is 303 g/mol. The first-order chi connectivity index (χ1) is 10.2. The Kier molecular flexibility index (Phi) is 6.21. The highest BCUT2D eigenvalue weighted by molar-refractivity contribution is 5.81. The number of ether oxygens (including phenoxy) is 1. The molecule has 0 aliphatic heterocycles. The van der Waals surface area contributed by atoms with Crippen molar-refractivity contribution in [3.05, 3.63) is 29.8 Å². The molecule has 0 spiro atoms. The van der Waals surface area contributed by atoms with Crippen molar-refractivity contribution < 1.29 is 32.6 Å². The van der Waals surface area contributed by atoms with E-state index >= 15 is 0 Å². The molecule has 122 valence electrons. The lowest BCUT2D eigenvalue weighted by atomic mass is 10.1. The van der Waals surface area contributed by atoms with E-state index in [1.54, 1.807) is 24.3 Å². The predicted octanol–water partition coefficient (Wildman–Crippen LogP) is 2.10. The Morgan fingerprint density at radius 3 is 2.32 bits per heavy atom. The monoisotopic (exact) mass is 319 g/mol. The lowest BCUT2D eigenvalue weighted by molar-refractivity contribution is -0.184. The smallest absolute Gasteiger partial charge is 0.471 e. The largest absolute Gasteiger partial charge is 0.482 e. The van der Waals surface area contributed by atoms with E-state index < -0.39 is 24.7 Å². The van der Waals surface area contributed by atoms with Gasteiger partial charge in [0.1, 0.15) is 5.75 Å². The summed E-state index contributed by atoms with van der Waals surface area (Å²) in [7, 11) is 1.11. The Morgan fingerprint density at radius 1 is 1.23 bits per heavy atom. The first-order valence-corrected chi connectivity index (χ1v) is 6.46. The lowest BCUT2D eigenvalue weighted by Crippen LogP contribution is -2.39. The molecule has 0 saturated carbocycles. The second kappa shape index (κ2) is 7.67. The Labute approximate surface area is 125 Å². The third kappa shape index (κ3) is 6.02. The Hall–Kier alpha value is -2.25. The van der Waals surface area contributed by atoms with Crippen molar-refractivity contribution in [1.29, 1.82) is 0 Å². The lowest BCUT2D eigenvalue weighted by Gasteiger charge is -2.18. The molecule has 0 aromatic heterocycles. The number of carbonyl (C=O) groups is 2. The van der Waals surface area contributed by atoms with E-state index in [1.165, 1.54) is 0 Å². The standard InChI is InChI=1S/C14H16F3NO4/c1-18(13(21)14(15,16)17)8-2-3-10-4-6-11(7-5-10)22-9-12(19)20/h4-7H,2-3,8-9H2,1H3,(H,19,20). The van der Waals surface area contributed by atoms with E-state index in [0.717, 1.165) is 12.6 Å². The maximum atomic E-state index is 12.2. The summed E-state index contributed by atoms with van der Waals surface area (Å²) in [6.45, 7) is -0.445. The zero-order valence-corrected chi connectivity index (χ0v) is 11.9. The maximum absolute atomic E-state index is 12.2. The fourth-order valence-corrected chi connectivity index (χ4v) is 1.74. The van der Waals surface area contributed by atoms with Gasteiger partial charge in [-0.05, 0) is 30.5 Å². The summed E-state index contributed by atoms with van der Waals surface area (Å²) in [4.78, 5) is 21.9. The van der Waals surface area contributed by atoms with Gasteiger partial charge in [0.2, 0.25) is 0 Å². The molecule has 0 radical (unpaired) electrons. The summed E-state index contributed by atoms with van der Waals surface area (Å²) >= 11 is 0. The van der Waals surface area contributed by atoms with Gasteiger partial charge in [0.05, 0.1) is 0 Å². The average Bonchev–Trinajstić information content (AvgIpc) is 2.44. The number of aryl methyl sites for hydroxylation is 1. The molecule has 0 heterocycles. The van der Waals surface area contributed by atoms with Crippen molar-refractivity contribution in [3.63, 3.8) is 0 Å². The van der Waals surface area contributed by atoms with Crippen LogP contribution < -0.4 is 4.74 Å². The molecule has 0 atom stereocenters. The molecule has 1 aromatic rings. The molecule has 0 aliphatic rings. The predicted molar refractivity (Wildman–Crippen MR) is 71.6 cm³/mol. The number of hydrogen-bond acceptors (Lipinski definition) is 3. The SMILES string of the molecule is CN(CCCc1ccc(OCC(=O)O)cc1)C(=O)C(F)(F)F. The van der Waals surface area contributed by atoms with Crippen molar-refractivity contribution >= 4 is 11.9 Å². The van der Waals surface area contributed by atoms with Crippen molar-refractivity contribution in [2.75, 3.05) is 20.2 Å². The summed E-state index contributed by atoms with van der Waals surface area (Å²) in [5, 5.41) is 8.46. The number of nitrogens with zero attached hydrogens (tertiary/aromatic N) is 1. The average molecular weight is 319 g/mol. The number of hydrogen-bond donors (Lipinski definition) is 1. The first-order valence-electron chi connectivity index (χ1n) is 6.46. The Balaban J connectivity index is 2.39. The Bertz CT molecular complexity index is 514. The molecular formula is C14H16F3NO4. The quantitative estimate of drug-likeness (QED) is 0.836. The molecule has 1 aromatic carbocycles. The van der Waals surface area contributed by atoms with E-state index in [0.29, 0.717) is 23.5 Å². The van der Waals surface area contributed by atoms with E-state index in [1.807, 2.05) is 0 Å². The van der Waals surface area contributed by atoms with Crippen LogP contribution in [0.4, 0.5) is 13.2 Å². The molecule has 0 bridgehead atoms. The molecule has 0 fully saturated rings. The fraction of sp³-hybridized carbons (Fsp3) is 0.429. The van der Waals surface area contributed by atoms with Gasteiger partial charge in [0.15, 0.2) is 6.61 Å². The van der Waals surface area contributed by atoms with Gasteiger partial charge in [-0.25, -0.2) is 4.79 Å². The highest BCUT2D eigenvalue weighted by atomic mass is 19.4. The molecule has 22 heavy (non-hydrogen) atoms. The minimum Gasteiger partial charge on any atom is -0.482 e. The normalized spacial score (nSPS) is 11.1. The molecule has 1 amide bonds. The van der Waals surface area contributed by atoms with Crippen LogP contribution in [-0.4, -0.2) is 48.3 Å². The fourth-order valence-electron chi connectivity index (χ4n) is 1.74. The van der Waals surface area contributed by atoms with Crippen molar-refractivity contribution in [2.24, 2.45) is 0 Å². The van der Waals surface area contributed by atoms with Gasteiger partial charge < -0.3 is 14.7 Å². The van der Waals surface area contributed by atoms with Gasteiger partial charge in [0, 0.05) is 13.6 Å². The maximum Gasteiger partial charge on any atom is 0.471 e. The topological polar surface area (TPSA) is 66.8 Å². The summed E-state index contributed by atoms with van der Waals surface area (Å²) in [5.41, 5.74) is 0.857. The van der Waals surface area contributed by atoms with Crippen LogP contribution in [0.1, 0.15) is 12.0 Å². The van der Waals surface area contributed by atoms with Gasteiger partial charge in [0.25, 0.3) is 0 Å². The van der Waals surface area contributed by atoms with Crippen molar-refractivity contribution in [2.45, 2.75) is 19.0 Å². The summed E-state index contributed by atoms with van der Waals surface area (Å²) in [6.07, 6.45) is -3.97. The molecule has 0 unspecified atom stereocenters. The van der Waals surface area contributed by atoms with Crippen LogP contribution in [0, 0.1) is 0 Å². The molecule has 1 rings (SSSR count). The Morgan fingerprint density at radius 2 is 1.82 bits per heavy atom. The van der Waals surface area contributed by atoms with Crippen LogP contribution in [0.3, 0.4) is 0 Å². The van der Waals surface area contributed by atoms with Gasteiger partial charge in [-0.1, -0.05) is 12.1 Å². The number of alkyl halides is 3. The number of rotatable bonds is 7. The molecule has 5 nitrogen and oxygen atoms in total. The van der Waals surface area contributed by atoms with Crippen LogP contribution in [0.25, 0.3) is 0 Å². The van der Waals surface area contributed by atoms with E-state index in [4.69, 9.17) is 9.84 Å². The number of halogens is 3. The summed E-state index contributed by atoms with van der Waals surface area (Å²) in [5.74, 6) is -2.54. The molecule has 0 aliphatic carbocycles. The number of carboxylic acids is 1. The van der Waals surface area contributed by atoms with Crippen molar-refractivity contribution in [3.8, 4) is 5.75 Å². The second-order valence-electron chi connectivity index (χ2n) is 4.65. The van der Waals surface area contributed by atoms with Crippen LogP contribution in [0.15, 0.2) is 24.3 Å². The minimum absolute atomic E-state index is 0.00436. The number of benzene rings is 1. The van der Waals surface area contributed by atoms with E-state index in [-0.39, 0.29) is 6.54 Å².